The maximum Gasteiger partial charge on any atom is 0.354 e. The second-order valence-corrected chi connectivity index (χ2v) is 9.64. The monoisotopic (exact) mass is 499 g/mol. The summed E-state index contributed by atoms with van der Waals surface area (Å²) in [5, 5.41) is 2.98. The predicted octanol–water partition coefficient (Wildman–Crippen LogP) is 2.66. The van der Waals surface area contributed by atoms with E-state index in [1.807, 2.05) is 0 Å². The van der Waals surface area contributed by atoms with Crippen LogP contribution >= 0.6 is 11.6 Å². The van der Waals surface area contributed by atoms with Crippen molar-refractivity contribution in [1.29, 1.82) is 0 Å². The molecule has 1 aliphatic rings. The number of halogens is 1. The first kappa shape index (κ1) is 24.9. The van der Waals surface area contributed by atoms with Crippen LogP contribution in [0.5, 0.6) is 11.5 Å². The first-order chi connectivity index (χ1) is 15.6. The average molecular weight is 500 g/mol. The minimum Gasteiger partial charge on any atom is -0.495 e. The molecule has 1 atom stereocenters. The lowest BCUT2D eigenvalue weighted by molar-refractivity contribution is -0.119. The number of nitrogens with zero attached hydrogens (tertiary/aromatic N) is 2. The van der Waals surface area contributed by atoms with Crippen LogP contribution in [0.2, 0.25) is 5.02 Å². The molecule has 0 spiro atoms. The summed E-state index contributed by atoms with van der Waals surface area (Å²) in [5.74, 6) is -0.449. The van der Waals surface area contributed by atoms with Crippen molar-refractivity contribution in [3.63, 3.8) is 0 Å². The molecule has 0 radical (unpaired) electrons. The number of aromatic nitrogens is 1. The Bertz CT molecular complexity index is 1160. The highest BCUT2D eigenvalue weighted by Crippen LogP contribution is 2.36. The second kappa shape index (κ2) is 10.0. The molecule has 1 aliphatic heterocycles. The van der Waals surface area contributed by atoms with Crippen molar-refractivity contribution < 1.29 is 32.2 Å². The number of sulfonamides is 1. The zero-order valence-electron chi connectivity index (χ0n) is 18.8. The summed E-state index contributed by atoms with van der Waals surface area (Å²) in [6, 6.07) is 3.33. The molecule has 33 heavy (non-hydrogen) atoms. The van der Waals surface area contributed by atoms with Gasteiger partial charge in [0.15, 0.2) is 0 Å². The third-order valence-electron chi connectivity index (χ3n) is 5.31. The van der Waals surface area contributed by atoms with Crippen LogP contribution in [0.15, 0.2) is 29.3 Å². The van der Waals surface area contributed by atoms with E-state index in [1.165, 1.54) is 43.2 Å². The standard InChI is InChI=1S/C21H26ClN3O7S/c1-5-32-21(27)17-9-13(12-24(17)2)33(28,29)25-8-6-7-16(25)20(26)23-15-10-14(22)18(30-3)11-19(15)31-4/h9-12,16H,5-8H2,1-4H3,(H,23,26)/t16-/m0/s1. The van der Waals surface area contributed by atoms with E-state index in [-0.39, 0.29) is 28.8 Å². The van der Waals surface area contributed by atoms with Crippen molar-refractivity contribution in [3.8, 4) is 11.5 Å². The van der Waals surface area contributed by atoms with Gasteiger partial charge in [0.25, 0.3) is 0 Å². The fourth-order valence-corrected chi connectivity index (χ4v) is 5.65. The van der Waals surface area contributed by atoms with Crippen molar-refractivity contribution in [2.24, 2.45) is 7.05 Å². The molecule has 1 amide bonds. The van der Waals surface area contributed by atoms with Gasteiger partial charge in [0.1, 0.15) is 28.1 Å². The van der Waals surface area contributed by atoms with Gasteiger partial charge in [-0.2, -0.15) is 4.31 Å². The van der Waals surface area contributed by atoms with E-state index in [1.54, 1.807) is 14.0 Å². The maximum atomic E-state index is 13.3. The number of esters is 1. The second-order valence-electron chi connectivity index (χ2n) is 7.34. The fourth-order valence-electron chi connectivity index (χ4n) is 3.68. The Labute approximate surface area is 197 Å². The SMILES string of the molecule is CCOC(=O)c1cc(S(=O)(=O)N2CCC[C@H]2C(=O)Nc2cc(Cl)c(OC)cc2OC)cn1C. The van der Waals surface area contributed by atoms with E-state index in [0.717, 1.165) is 4.31 Å². The highest BCUT2D eigenvalue weighted by atomic mass is 35.5. The quantitative estimate of drug-likeness (QED) is 0.555. The van der Waals surface area contributed by atoms with Gasteiger partial charge in [-0.05, 0) is 31.9 Å². The van der Waals surface area contributed by atoms with Gasteiger partial charge >= 0.3 is 5.97 Å². The summed E-state index contributed by atoms with van der Waals surface area (Å²) in [6.45, 7) is 2.00. The zero-order valence-corrected chi connectivity index (χ0v) is 20.3. The molecule has 2 heterocycles. The number of carbonyl (C=O) groups is 2. The molecule has 0 saturated carbocycles. The normalized spacial score (nSPS) is 16.5. The molecule has 2 aromatic rings. The molecule has 3 rings (SSSR count). The summed E-state index contributed by atoms with van der Waals surface area (Å²) in [4.78, 5) is 25.1. The van der Waals surface area contributed by atoms with Gasteiger partial charge in [-0.25, -0.2) is 13.2 Å². The van der Waals surface area contributed by atoms with Crippen LogP contribution in [0.1, 0.15) is 30.3 Å². The molecule has 1 N–H and O–H groups in total. The van der Waals surface area contributed by atoms with Gasteiger partial charge in [0, 0.05) is 25.9 Å². The van der Waals surface area contributed by atoms with Crippen LogP contribution < -0.4 is 14.8 Å². The highest BCUT2D eigenvalue weighted by Gasteiger charge is 2.40. The van der Waals surface area contributed by atoms with E-state index in [4.69, 9.17) is 25.8 Å². The minimum absolute atomic E-state index is 0.0853. The third-order valence-corrected chi connectivity index (χ3v) is 7.48. The van der Waals surface area contributed by atoms with Crippen molar-refractivity contribution in [1.82, 2.24) is 8.87 Å². The van der Waals surface area contributed by atoms with Gasteiger partial charge in [0.05, 0.1) is 31.5 Å². The average Bonchev–Trinajstić information content (AvgIpc) is 3.42. The molecular formula is C21H26ClN3O7S. The molecule has 1 aromatic heterocycles. The van der Waals surface area contributed by atoms with Gasteiger partial charge in [-0.1, -0.05) is 11.6 Å². The maximum absolute atomic E-state index is 13.3. The predicted molar refractivity (Wildman–Crippen MR) is 121 cm³/mol. The summed E-state index contributed by atoms with van der Waals surface area (Å²) in [7, 11) is 0.399. The summed E-state index contributed by atoms with van der Waals surface area (Å²) in [6.07, 6.45) is 2.19. The number of amides is 1. The van der Waals surface area contributed by atoms with Crippen LogP contribution in [-0.2, 0) is 26.6 Å². The molecule has 0 unspecified atom stereocenters. The van der Waals surface area contributed by atoms with Gasteiger partial charge in [-0.15, -0.1) is 0 Å². The van der Waals surface area contributed by atoms with E-state index in [0.29, 0.717) is 30.0 Å². The minimum atomic E-state index is -4.04. The van der Waals surface area contributed by atoms with Gasteiger partial charge in [-0.3, -0.25) is 4.79 Å². The highest BCUT2D eigenvalue weighted by molar-refractivity contribution is 7.89. The lowest BCUT2D eigenvalue weighted by Gasteiger charge is -2.23. The molecule has 1 aromatic carbocycles. The Hall–Kier alpha value is -2.76. The van der Waals surface area contributed by atoms with E-state index in [9.17, 15) is 18.0 Å². The Morgan fingerprint density at radius 3 is 2.52 bits per heavy atom. The fraction of sp³-hybridized carbons (Fsp3) is 0.429. The molecule has 1 fully saturated rings. The first-order valence-electron chi connectivity index (χ1n) is 10.2. The van der Waals surface area contributed by atoms with Crippen LogP contribution in [0, 0.1) is 0 Å². The Morgan fingerprint density at radius 1 is 1.18 bits per heavy atom. The number of benzene rings is 1. The number of hydrogen-bond donors (Lipinski definition) is 1. The van der Waals surface area contributed by atoms with Gasteiger partial charge < -0.3 is 24.1 Å². The summed E-state index contributed by atoms with van der Waals surface area (Å²) in [5.41, 5.74) is 0.398. The van der Waals surface area contributed by atoms with Crippen LogP contribution in [0.4, 0.5) is 5.69 Å². The molecule has 0 bridgehead atoms. The zero-order chi connectivity index (χ0) is 24.3. The largest absolute Gasteiger partial charge is 0.495 e. The third kappa shape index (κ3) is 4.94. The van der Waals surface area contributed by atoms with Crippen LogP contribution in [0.3, 0.4) is 0 Å². The number of hydrogen-bond acceptors (Lipinski definition) is 7. The molecule has 0 aliphatic carbocycles. The Balaban J connectivity index is 1.86. The van der Waals surface area contributed by atoms with Crippen molar-refractivity contribution in [2.45, 2.75) is 30.7 Å². The van der Waals surface area contributed by atoms with Crippen LogP contribution in [-0.4, -0.2) is 62.6 Å². The topological polar surface area (TPSA) is 116 Å². The molecule has 1 saturated heterocycles. The summed E-state index contributed by atoms with van der Waals surface area (Å²) >= 11 is 6.17. The molecule has 180 valence electrons. The van der Waals surface area contributed by atoms with Gasteiger partial charge in [0.2, 0.25) is 15.9 Å². The Kier molecular flexibility index (Phi) is 7.55. The Morgan fingerprint density at radius 2 is 1.88 bits per heavy atom. The number of anilines is 1. The van der Waals surface area contributed by atoms with Crippen molar-refractivity contribution >= 4 is 39.2 Å². The number of carbonyl (C=O) groups excluding carboxylic acids is 2. The van der Waals surface area contributed by atoms with Crippen molar-refractivity contribution in [2.75, 3.05) is 32.7 Å². The molecule has 10 nitrogen and oxygen atoms in total. The molecule has 12 heteroatoms. The van der Waals surface area contributed by atoms with E-state index in [2.05, 4.69) is 5.32 Å². The number of aryl methyl sites for hydroxylation is 1. The van der Waals surface area contributed by atoms with E-state index < -0.39 is 27.9 Å². The van der Waals surface area contributed by atoms with E-state index >= 15 is 0 Å². The summed E-state index contributed by atoms with van der Waals surface area (Å²) < 4.78 is 44.6. The number of nitrogens with one attached hydrogen (secondary N) is 1. The van der Waals surface area contributed by atoms with Crippen LogP contribution in [0.25, 0.3) is 0 Å². The number of ether oxygens (including phenoxy) is 3. The smallest absolute Gasteiger partial charge is 0.354 e. The van der Waals surface area contributed by atoms with Crippen molar-refractivity contribution in [3.05, 3.63) is 35.1 Å². The number of methoxy groups -OCH3 is 2. The lowest BCUT2D eigenvalue weighted by Crippen LogP contribution is -2.43. The lowest BCUT2D eigenvalue weighted by atomic mass is 10.2. The number of rotatable bonds is 8. The molecular weight excluding hydrogens is 474 g/mol. The first-order valence-corrected chi connectivity index (χ1v) is 12.0.